The molecule has 0 aliphatic carbocycles. The Kier molecular flexibility index (Phi) is 4.21. The molecule has 0 saturated heterocycles. The molecule has 0 bridgehead atoms. The Labute approximate surface area is 110 Å². The lowest BCUT2D eigenvalue weighted by Gasteiger charge is -2.10. The lowest BCUT2D eigenvalue weighted by atomic mass is 10.2. The second kappa shape index (κ2) is 5.87. The molecular formula is C16H22N2. The molecule has 0 aliphatic heterocycles. The van der Waals surface area contributed by atoms with E-state index < -0.39 is 0 Å². The largest absolute Gasteiger partial charge is 0.319 e. The smallest absolute Gasteiger partial charge is 0.0455 e. The number of aryl methyl sites for hydroxylation is 2. The molecule has 0 aliphatic rings. The third-order valence-electron chi connectivity index (χ3n) is 3.22. The maximum absolute atomic E-state index is 3.42. The van der Waals surface area contributed by atoms with Gasteiger partial charge in [-0.2, -0.15) is 0 Å². The highest BCUT2D eigenvalue weighted by Crippen LogP contribution is 2.16. The summed E-state index contributed by atoms with van der Waals surface area (Å²) in [7, 11) is 0. The van der Waals surface area contributed by atoms with Crippen LogP contribution in [0.3, 0.4) is 0 Å². The van der Waals surface area contributed by atoms with Gasteiger partial charge in [-0.05, 0) is 56.6 Å². The van der Waals surface area contributed by atoms with Crippen LogP contribution in [-0.2, 0) is 6.54 Å². The molecule has 0 atom stereocenters. The first-order valence-corrected chi connectivity index (χ1v) is 6.67. The molecule has 18 heavy (non-hydrogen) atoms. The molecule has 2 rings (SSSR count). The second-order valence-electron chi connectivity index (χ2n) is 4.79. The van der Waals surface area contributed by atoms with E-state index in [4.69, 9.17) is 0 Å². The van der Waals surface area contributed by atoms with Crippen LogP contribution in [0.4, 0.5) is 0 Å². The van der Waals surface area contributed by atoms with Gasteiger partial charge in [-0.25, -0.2) is 0 Å². The van der Waals surface area contributed by atoms with Gasteiger partial charge in [-0.3, -0.25) is 0 Å². The third kappa shape index (κ3) is 2.82. The molecule has 96 valence electrons. The van der Waals surface area contributed by atoms with Gasteiger partial charge < -0.3 is 9.88 Å². The zero-order valence-electron chi connectivity index (χ0n) is 11.5. The van der Waals surface area contributed by atoms with E-state index in [2.05, 4.69) is 67.1 Å². The first-order valence-electron chi connectivity index (χ1n) is 6.67. The zero-order chi connectivity index (χ0) is 13.0. The Balaban J connectivity index is 2.13. The van der Waals surface area contributed by atoms with E-state index >= 15 is 0 Å². The molecule has 0 amide bonds. The number of rotatable bonds is 5. The first kappa shape index (κ1) is 12.9. The van der Waals surface area contributed by atoms with Crippen molar-refractivity contribution >= 4 is 0 Å². The lowest BCUT2D eigenvalue weighted by molar-refractivity contribution is 0.675. The molecule has 2 nitrogen and oxygen atoms in total. The van der Waals surface area contributed by atoms with Gasteiger partial charge in [0, 0.05) is 23.6 Å². The molecule has 1 aromatic heterocycles. The Hall–Kier alpha value is -1.54. The minimum absolute atomic E-state index is 0.956. The summed E-state index contributed by atoms with van der Waals surface area (Å²) >= 11 is 0. The molecule has 2 heteroatoms. The first-order chi connectivity index (χ1) is 8.72. The predicted octanol–water partition coefficient (Wildman–Crippen LogP) is 3.59. The van der Waals surface area contributed by atoms with Crippen LogP contribution < -0.4 is 5.32 Å². The fourth-order valence-electron chi connectivity index (χ4n) is 2.25. The van der Waals surface area contributed by atoms with Crippen molar-refractivity contribution in [1.82, 2.24) is 9.88 Å². The maximum atomic E-state index is 3.42. The van der Waals surface area contributed by atoms with Crippen LogP contribution in [0.5, 0.6) is 0 Å². The van der Waals surface area contributed by atoms with E-state index in [1.807, 2.05) is 0 Å². The second-order valence-corrected chi connectivity index (χ2v) is 4.79. The summed E-state index contributed by atoms with van der Waals surface area (Å²) in [6.45, 7) is 8.51. The summed E-state index contributed by atoms with van der Waals surface area (Å²) in [4.78, 5) is 0. The molecule has 2 aromatic rings. The Morgan fingerprint density at radius 2 is 1.56 bits per heavy atom. The summed E-state index contributed by atoms with van der Waals surface area (Å²) < 4.78 is 2.28. The van der Waals surface area contributed by atoms with Crippen LogP contribution in [-0.4, -0.2) is 11.1 Å². The highest BCUT2D eigenvalue weighted by atomic mass is 15.0. The fourth-order valence-corrected chi connectivity index (χ4v) is 2.25. The number of nitrogens with one attached hydrogen (secondary N) is 1. The average molecular weight is 242 g/mol. The van der Waals surface area contributed by atoms with Gasteiger partial charge in [0.15, 0.2) is 0 Å². The molecule has 1 N–H and O–H groups in total. The SMILES string of the molecule is CCCNCc1ccc(-n2c(C)ccc2C)cc1. The minimum atomic E-state index is 0.956. The number of nitrogens with zero attached hydrogens (tertiary/aromatic N) is 1. The normalized spacial score (nSPS) is 10.8. The molecule has 0 fully saturated rings. The Morgan fingerprint density at radius 3 is 2.11 bits per heavy atom. The molecule has 0 unspecified atom stereocenters. The summed E-state index contributed by atoms with van der Waals surface area (Å²) in [5, 5.41) is 3.42. The maximum Gasteiger partial charge on any atom is 0.0455 e. The van der Waals surface area contributed by atoms with Crippen molar-refractivity contribution in [2.75, 3.05) is 6.54 Å². The van der Waals surface area contributed by atoms with Gasteiger partial charge in [0.05, 0.1) is 0 Å². The van der Waals surface area contributed by atoms with Gasteiger partial charge in [0.25, 0.3) is 0 Å². The number of aromatic nitrogens is 1. The van der Waals surface area contributed by atoms with Crippen molar-refractivity contribution in [3.05, 3.63) is 53.3 Å². The lowest BCUT2D eigenvalue weighted by Crippen LogP contribution is -2.13. The monoisotopic (exact) mass is 242 g/mol. The summed E-state index contributed by atoms with van der Waals surface area (Å²) in [6, 6.07) is 13.1. The highest BCUT2D eigenvalue weighted by molar-refractivity contribution is 5.39. The van der Waals surface area contributed by atoms with Gasteiger partial charge in [0.2, 0.25) is 0 Å². The van der Waals surface area contributed by atoms with Crippen LogP contribution in [0.2, 0.25) is 0 Å². The van der Waals surface area contributed by atoms with Gasteiger partial charge >= 0.3 is 0 Å². The van der Waals surface area contributed by atoms with Crippen LogP contribution >= 0.6 is 0 Å². The number of benzene rings is 1. The zero-order valence-corrected chi connectivity index (χ0v) is 11.5. The van der Waals surface area contributed by atoms with E-state index in [1.165, 1.54) is 29.1 Å². The van der Waals surface area contributed by atoms with Crippen molar-refractivity contribution in [3.63, 3.8) is 0 Å². The van der Waals surface area contributed by atoms with Crippen LogP contribution in [0.1, 0.15) is 30.3 Å². The molecule has 1 aromatic carbocycles. The minimum Gasteiger partial charge on any atom is -0.319 e. The average Bonchev–Trinajstić information content (AvgIpc) is 2.71. The topological polar surface area (TPSA) is 17.0 Å². The van der Waals surface area contributed by atoms with Gasteiger partial charge in [-0.15, -0.1) is 0 Å². The van der Waals surface area contributed by atoms with Crippen LogP contribution in [0, 0.1) is 13.8 Å². The van der Waals surface area contributed by atoms with Gasteiger partial charge in [-0.1, -0.05) is 19.1 Å². The Bertz CT molecular complexity index is 475. The van der Waals surface area contributed by atoms with E-state index in [9.17, 15) is 0 Å². The van der Waals surface area contributed by atoms with E-state index in [1.54, 1.807) is 0 Å². The van der Waals surface area contributed by atoms with Crippen molar-refractivity contribution in [1.29, 1.82) is 0 Å². The van der Waals surface area contributed by atoms with Crippen molar-refractivity contribution < 1.29 is 0 Å². The quantitative estimate of drug-likeness (QED) is 0.793. The molecular weight excluding hydrogens is 220 g/mol. The van der Waals surface area contributed by atoms with Crippen LogP contribution in [0.25, 0.3) is 5.69 Å². The number of hydrogen-bond acceptors (Lipinski definition) is 1. The molecule has 0 radical (unpaired) electrons. The molecule has 0 spiro atoms. The predicted molar refractivity (Wildman–Crippen MR) is 77.2 cm³/mol. The van der Waals surface area contributed by atoms with Gasteiger partial charge in [0.1, 0.15) is 0 Å². The third-order valence-corrected chi connectivity index (χ3v) is 3.22. The molecule has 0 saturated carbocycles. The van der Waals surface area contributed by atoms with Crippen molar-refractivity contribution in [2.45, 2.75) is 33.7 Å². The fraction of sp³-hybridized carbons (Fsp3) is 0.375. The van der Waals surface area contributed by atoms with Crippen molar-refractivity contribution in [3.8, 4) is 5.69 Å². The summed E-state index contributed by atoms with van der Waals surface area (Å²) in [5.74, 6) is 0. The van der Waals surface area contributed by atoms with Crippen LogP contribution in [0.15, 0.2) is 36.4 Å². The molecule has 1 heterocycles. The van der Waals surface area contributed by atoms with Crippen molar-refractivity contribution in [2.24, 2.45) is 0 Å². The Morgan fingerprint density at radius 1 is 0.944 bits per heavy atom. The van der Waals surface area contributed by atoms with E-state index in [-0.39, 0.29) is 0 Å². The number of hydrogen-bond donors (Lipinski definition) is 1. The summed E-state index contributed by atoms with van der Waals surface area (Å²) in [6.07, 6.45) is 1.18. The van der Waals surface area contributed by atoms with E-state index in [0.29, 0.717) is 0 Å². The standard InChI is InChI=1S/C16H22N2/c1-4-11-17-12-15-7-9-16(10-8-15)18-13(2)5-6-14(18)3/h5-10,17H,4,11-12H2,1-3H3. The summed E-state index contributed by atoms with van der Waals surface area (Å²) in [5.41, 5.74) is 5.15. The highest BCUT2D eigenvalue weighted by Gasteiger charge is 2.03. The van der Waals surface area contributed by atoms with E-state index in [0.717, 1.165) is 13.1 Å².